The van der Waals surface area contributed by atoms with Crippen molar-refractivity contribution in [2.24, 2.45) is 5.92 Å². The topological polar surface area (TPSA) is 91.3 Å². The quantitative estimate of drug-likeness (QED) is 0.729. The van der Waals surface area contributed by atoms with Crippen molar-refractivity contribution in [3.05, 3.63) is 41.7 Å². The number of urea groups is 2. The van der Waals surface area contributed by atoms with Crippen LogP contribution in [0.1, 0.15) is 18.3 Å². The number of carbonyl (C=O) groups is 2. The van der Waals surface area contributed by atoms with Crippen LogP contribution in [0.15, 0.2) is 30.3 Å². The van der Waals surface area contributed by atoms with Gasteiger partial charge < -0.3 is 16.0 Å². The maximum atomic E-state index is 12.2. The largest absolute Gasteiger partial charge is 0.338 e. The van der Waals surface area contributed by atoms with E-state index in [1.54, 1.807) is 17.0 Å². The van der Waals surface area contributed by atoms with Crippen molar-refractivity contribution in [1.82, 2.24) is 20.4 Å². The van der Waals surface area contributed by atoms with Crippen molar-refractivity contribution < 1.29 is 9.59 Å². The third-order valence-electron chi connectivity index (χ3n) is 4.47. The second-order valence-electron chi connectivity index (χ2n) is 6.98. The minimum atomic E-state index is -0.266. The highest BCUT2D eigenvalue weighted by Gasteiger charge is 2.21. The van der Waals surface area contributed by atoms with Crippen molar-refractivity contribution in [2.75, 3.05) is 29.9 Å². The van der Waals surface area contributed by atoms with E-state index in [-0.39, 0.29) is 18.0 Å². The second kappa shape index (κ2) is 8.11. The SMILES string of the molecule is Cc1cc(C)n(CC(C)CNC(=O)Nc2cccc(N3CCNC3=O)c2)n1. The van der Waals surface area contributed by atoms with E-state index >= 15 is 0 Å². The van der Waals surface area contributed by atoms with Crippen LogP contribution in [0.4, 0.5) is 21.0 Å². The van der Waals surface area contributed by atoms with Crippen LogP contribution in [-0.2, 0) is 6.54 Å². The highest BCUT2D eigenvalue weighted by molar-refractivity contribution is 5.95. The van der Waals surface area contributed by atoms with Crippen LogP contribution in [-0.4, -0.2) is 41.5 Å². The first kappa shape index (κ1) is 18.8. The van der Waals surface area contributed by atoms with Crippen LogP contribution in [0, 0.1) is 19.8 Å². The summed E-state index contributed by atoms with van der Waals surface area (Å²) in [6.07, 6.45) is 0. The van der Waals surface area contributed by atoms with Gasteiger partial charge in [0.05, 0.1) is 5.69 Å². The smallest absolute Gasteiger partial charge is 0.321 e. The van der Waals surface area contributed by atoms with Gasteiger partial charge >= 0.3 is 12.1 Å². The van der Waals surface area contributed by atoms with Gasteiger partial charge in [0, 0.05) is 43.2 Å². The Bertz CT molecular complexity index is 831. The molecule has 1 aliphatic heterocycles. The number of hydrogen-bond acceptors (Lipinski definition) is 3. The van der Waals surface area contributed by atoms with Crippen LogP contribution < -0.4 is 20.9 Å². The molecule has 1 aromatic carbocycles. The Morgan fingerprint density at radius 2 is 2.15 bits per heavy atom. The highest BCUT2D eigenvalue weighted by Crippen LogP contribution is 2.20. The van der Waals surface area contributed by atoms with Crippen molar-refractivity contribution in [2.45, 2.75) is 27.3 Å². The normalized spacial score (nSPS) is 14.8. The summed E-state index contributed by atoms with van der Waals surface area (Å²) in [5, 5.41) is 12.9. The zero-order valence-corrected chi connectivity index (χ0v) is 16.0. The molecule has 2 heterocycles. The van der Waals surface area contributed by atoms with Crippen LogP contribution in [0.25, 0.3) is 0 Å². The lowest BCUT2D eigenvalue weighted by atomic mass is 10.2. The molecule has 0 spiro atoms. The van der Waals surface area contributed by atoms with Crippen molar-refractivity contribution in [1.29, 1.82) is 0 Å². The van der Waals surface area contributed by atoms with E-state index in [1.165, 1.54) is 0 Å². The van der Waals surface area contributed by atoms with E-state index in [0.717, 1.165) is 23.6 Å². The number of aryl methyl sites for hydroxylation is 2. The van der Waals surface area contributed by atoms with E-state index in [9.17, 15) is 9.59 Å². The Balaban J connectivity index is 1.50. The molecular weight excluding hydrogens is 344 g/mol. The Labute approximate surface area is 158 Å². The third-order valence-corrected chi connectivity index (χ3v) is 4.47. The lowest BCUT2D eigenvalue weighted by molar-refractivity contribution is 0.249. The lowest BCUT2D eigenvalue weighted by Crippen LogP contribution is -2.34. The van der Waals surface area contributed by atoms with Crippen LogP contribution in [0.2, 0.25) is 0 Å². The number of rotatable bonds is 6. The first-order chi connectivity index (χ1) is 12.9. The number of carbonyl (C=O) groups excluding carboxylic acids is 2. The van der Waals surface area contributed by atoms with Gasteiger partial charge in [-0.1, -0.05) is 13.0 Å². The zero-order valence-electron chi connectivity index (χ0n) is 16.0. The molecule has 0 saturated carbocycles. The fourth-order valence-corrected chi connectivity index (χ4v) is 3.13. The molecule has 3 rings (SSSR count). The van der Waals surface area contributed by atoms with E-state index in [1.807, 2.05) is 36.7 Å². The Kier molecular flexibility index (Phi) is 5.63. The van der Waals surface area contributed by atoms with Gasteiger partial charge in [-0.15, -0.1) is 0 Å². The molecule has 27 heavy (non-hydrogen) atoms. The van der Waals surface area contributed by atoms with Gasteiger partial charge in [-0.2, -0.15) is 5.10 Å². The molecule has 1 unspecified atom stereocenters. The second-order valence-corrected chi connectivity index (χ2v) is 6.98. The molecule has 1 aliphatic rings. The fraction of sp³-hybridized carbons (Fsp3) is 0.421. The summed E-state index contributed by atoms with van der Waals surface area (Å²) in [7, 11) is 0. The fourth-order valence-electron chi connectivity index (χ4n) is 3.13. The van der Waals surface area contributed by atoms with Gasteiger partial charge in [-0.25, -0.2) is 9.59 Å². The van der Waals surface area contributed by atoms with Crippen LogP contribution in [0.3, 0.4) is 0 Å². The molecule has 4 amide bonds. The third kappa shape index (κ3) is 4.78. The molecule has 0 bridgehead atoms. The number of nitrogens with zero attached hydrogens (tertiary/aromatic N) is 3. The molecule has 8 nitrogen and oxygen atoms in total. The summed E-state index contributed by atoms with van der Waals surface area (Å²) in [5.74, 6) is 0.244. The van der Waals surface area contributed by atoms with Gasteiger partial charge in [0.2, 0.25) is 0 Å². The van der Waals surface area contributed by atoms with Crippen molar-refractivity contribution >= 4 is 23.4 Å². The monoisotopic (exact) mass is 370 g/mol. The summed E-state index contributed by atoms with van der Waals surface area (Å²) in [4.78, 5) is 25.6. The summed E-state index contributed by atoms with van der Waals surface area (Å²) >= 11 is 0. The van der Waals surface area contributed by atoms with Gasteiger partial charge in [0.1, 0.15) is 0 Å². The molecule has 3 N–H and O–H groups in total. The van der Waals surface area contributed by atoms with Gasteiger partial charge in [0.25, 0.3) is 0 Å². The predicted molar refractivity (Wildman–Crippen MR) is 105 cm³/mol. The average molecular weight is 370 g/mol. The standard InChI is InChI=1S/C19H26N6O2/c1-13(12-25-15(3)9-14(2)23-25)11-21-18(26)22-16-5-4-6-17(10-16)24-8-7-20-19(24)27/h4-6,9-10,13H,7-8,11-12H2,1-3H3,(H,20,27)(H2,21,22,26). The summed E-state index contributed by atoms with van der Waals surface area (Å²) in [6.45, 7) is 8.62. The van der Waals surface area contributed by atoms with Crippen molar-refractivity contribution in [3.63, 3.8) is 0 Å². The molecule has 0 aliphatic carbocycles. The molecule has 144 valence electrons. The minimum absolute atomic E-state index is 0.116. The zero-order chi connectivity index (χ0) is 19.4. The van der Waals surface area contributed by atoms with E-state index in [0.29, 0.717) is 25.3 Å². The minimum Gasteiger partial charge on any atom is -0.338 e. The summed E-state index contributed by atoms with van der Waals surface area (Å²) < 4.78 is 1.96. The lowest BCUT2D eigenvalue weighted by Gasteiger charge is -2.17. The van der Waals surface area contributed by atoms with E-state index in [2.05, 4.69) is 28.0 Å². The number of hydrogen-bond donors (Lipinski definition) is 3. The molecule has 8 heteroatoms. The molecule has 2 aromatic rings. The van der Waals surface area contributed by atoms with Gasteiger partial charge in [0.15, 0.2) is 0 Å². The number of benzene rings is 1. The number of nitrogens with one attached hydrogen (secondary N) is 3. The maximum Gasteiger partial charge on any atom is 0.321 e. The van der Waals surface area contributed by atoms with E-state index < -0.39 is 0 Å². The first-order valence-electron chi connectivity index (χ1n) is 9.13. The molecule has 1 atom stereocenters. The Hall–Kier alpha value is -3.03. The number of aromatic nitrogens is 2. The summed E-state index contributed by atoms with van der Waals surface area (Å²) in [6, 6.07) is 8.93. The Morgan fingerprint density at radius 1 is 1.33 bits per heavy atom. The first-order valence-corrected chi connectivity index (χ1v) is 9.13. The van der Waals surface area contributed by atoms with Gasteiger partial charge in [-0.05, 0) is 44.0 Å². The van der Waals surface area contributed by atoms with E-state index in [4.69, 9.17) is 0 Å². The average Bonchev–Trinajstić information content (AvgIpc) is 3.18. The highest BCUT2D eigenvalue weighted by atomic mass is 16.2. The Morgan fingerprint density at radius 3 is 2.81 bits per heavy atom. The van der Waals surface area contributed by atoms with Crippen molar-refractivity contribution in [3.8, 4) is 0 Å². The predicted octanol–water partition coefficient (Wildman–Crippen LogP) is 2.49. The molecule has 1 aromatic heterocycles. The van der Waals surface area contributed by atoms with Crippen LogP contribution in [0.5, 0.6) is 0 Å². The molecule has 1 saturated heterocycles. The van der Waals surface area contributed by atoms with Gasteiger partial charge in [-0.3, -0.25) is 9.58 Å². The molecule has 1 fully saturated rings. The number of amides is 4. The summed E-state index contributed by atoms with van der Waals surface area (Å²) in [5.41, 5.74) is 3.53. The maximum absolute atomic E-state index is 12.2. The molecular formula is C19H26N6O2. The number of anilines is 2. The van der Waals surface area contributed by atoms with Crippen LogP contribution >= 0.6 is 0 Å². The molecule has 0 radical (unpaired) electrons.